The Bertz CT molecular complexity index is 195. The maximum absolute atomic E-state index is 11.0. The van der Waals surface area contributed by atoms with E-state index in [0.29, 0.717) is 0 Å². The first-order valence-corrected chi connectivity index (χ1v) is 6.67. The van der Waals surface area contributed by atoms with E-state index in [9.17, 15) is 9.13 Å². The lowest BCUT2D eigenvalue weighted by atomic mass is 10.3. The van der Waals surface area contributed by atoms with E-state index >= 15 is 0 Å². The molecule has 0 heterocycles. The molecule has 0 aromatic rings. The normalized spacial score (nSPS) is 21.1. The van der Waals surface area contributed by atoms with Crippen LogP contribution >= 0.6 is 15.4 Å². The van der Waals surface area contributed by atoms with Crippen LogP contribution in [0, 0.1) is 5.92 Å². The van der Waals surface area contributed by atoms with Crippen LogP contribution in [-0.2, 0) is 9.13 Å². The lowest BCUT2D eigenvalue weighted by molar-refractivity contribution is 0.447. The van der Waals surface area contributed by atoms with E-state index in [-0.39, 0.29) is 5.92 Å². The van der Waals surface area contributed by atoms with Crippen molar-refractivity contribution in [3.63, 3.8) is 0 Å². The van der Waals surface area contributed by atoms with Crippen LogP contribution in [0.1, 0.15) is 13.8 Å². The van der Waals surface area contributed by atoms with Gasteiger partial charge in [-0.2, -0.15) is 4.89 Å². The zero-order valence-corrected chi connectivity index (χ0v) is 8.55. The molecule has 4 nitrogen and oxygen atoms in total. The Hall–Kier alpha value is 0.250. The van der Waals surface area contributed by atoms with Gasteiger partial charge in [0, 0.05) is 12.6 Å². The molecule has 0 aliphatic heterocycles. The zero-order valence-electron chi connectivity index (χ0n) is 6.76. The Morgan fingerprint density at radius 3 is 1.82 bits per heavy atom. The molecule has 11 heavy (non-hydrogen) atoms. The maximum atomic E-state index is 11.0. The fourth-order valence-corrected chi connectivity index (χ4v) is 4.07. The number of hydrogen-bond donors (Lipinski definition) is 2. The maximum Gasteiger partial charge on any atom is 0.519 e. The fourth-order valence-electron chi connectivity index (χ4n) is 0.992. The highest BCUT2D eigenvalue weighted by atomic mass is 31.2. The van der Waals surface area contributed by atoms with E-state index in [1.165, 1.54) is 0 Å². The van der Waals surface area contributed by atoms with E-state index in [1.807, 2.05) is 0 Å². The van der Waals surface area contributed by atoms with Gasteiger partial charge in [0.15, 0.2) is 0 Å². The van der Waals surface area contributed by atoms with Crippen molar-refractivity contribution in [1.29, 1.82) is 0 Å². The highest BCUT2D eigenvalue weighted by Crippen LogP contribution is 2.55. The van der Waals surface area contributed by atoms with Crippen molar-refractivity contribution < 1.29 is 18.9 Å². The molecule has 3 atom stereocenters. The van der Waals surface area contributed by atoms with Gasteiger partial charge in [-0.05, 0) is 4.57 Å². The fraction of sp³-hybridized carbons (Fsp3) is 1.00. The van der Waals surface area contributed by atoms with Gasteiger partial charge in [0.25, 0.3) is 12.8 Å². The van der Waals surface area contributed by atoms with Crippen LogP contribution in [0.2, 0.25) is 0 Å². The first kappa shape index (κ1) is 11.2. The van der Waals surface area contributed by atoms with Crippen LogP contribution in [-0.4, -0.2) is 21.9 Å². The Morgan fingerprint density at radius 2 is 1.82 bits per heavy atom. The topological polar surface area (TPSA) is 74.6 Å². The van der Waals surface area contributed by atoms with Crippen LogP contribution < -0.4 is 0 Å². The lowest BCUT2D eigenvalue weighted by Crippen LogP contribution is -2.10. The molecule has 3 unspecified atom stereocenters. The monoisotopic (exact) mass is 199 g/mol. The molecule has 6 heteroatoms. The summed E-state index contributed by atoms with van der Waals surface area (Å²) in [7, 11) is -5.98. The minimum atomic E-state index is -3.42. The van der Waals surface area contributed by atoms with Crippen LogP contribution in [0.4, 0.5) is 0 Å². The molecule has 0 rings (SSSR count). The summed E-state index contributed by atoms with van der Waals surface area (Å²) >= 11 is 0. The first-order chi connectivity index (χ1) is 4.76. The average Bonchev–Trinajstić information content (AvgIpc) is 1.54. The van der Waals surface area contributed by atoms with Crippen molar-refractivity contribution in [3.05, 3.63) is 0 Å². The standard InChI is InChI=1S/C5H12O4P2/c1-4(2)5(10(6)7)11(3,8)9/h4-5H,1-3H3,(H-,6,7,8,9)/p+1. The molecule has 0 spiro atoms. The Kier molecular flexibility index (Phi) is 3.86. The molecule has 0 radical (unpaired) electrons. The molecule has 0 saturated carbocycles. The third kappa shape index (κ3) is 3.44. The van der Waals surface area contributed by atoms with Gasteiger partial charge >= 0.3 is 8.03 Å². The molecule has 0 bridgehead atoms. The van der Waals surface area contributed by atoms with Crippen molar-refractivity contribution in [3.8, 4) is 0 Å². The van der Waals surface area contributed by atoms with Crippen LogP contribution in [0.3, 0.4) is 0 Å². The highest BCUT2D eigenvalue weighted by Gasteiger charge is 2.44. The molecule has 0 amide bonds. The molecule has 66 valence electrons. The first-order valence-electron chi connectivity index (χ1n) is 3.22. The van der Waals surface area contributed by atoms with Gasteiger partial charge in [0.2, 0.25) is 0 Å². The Labute approximate surface area is 67.0 Å². The van der Waals surface area contributed by atoms with Crippen molar-refractivity contribution in [2.45, 2.75) is 19.2 Å². The third-order valence-corrected chi connectivity index (χ3v) is 5.82. The molecule has 0 aromatic carbocycles. The van der Waals surface area contributed by atoms with E-state index in [2.05, 4.69) is 0 Å². The third-order valence-electron chi connectivity index (χ3n) is 1.31. The van der Waals surface area contributed by atoms with Gasteiger partial charge in [-0.3, -0.25) is 4.57 Å². The molecular formula is C5H13O4P2+. The molecular weight excluding hydrogens is 186 g/mol. The van der Waals surface area contributed by atoms with E-state index in [0.717, 1.165) is 6.66 Å². The van der Waals surface area contributed by atoms with E-state index in [1.54, 1.807) is 13.8 Å². The van der Waals surface area contributed by atoms with Crippen LogP contribution in [0.25, 0.3) is 0 Å². The summed E-state index contributed by atoms with van der Waals surface area (Å²) in [6.07, 6.45) is 0. The summed E-state index contributed by atoms with van der Waals surface area (Å²) in [5, 5.41) is -0.988. The lowest BCUT2D eigenvalue weighted by Gasteiger charge is -2.10. The second-order valence-corrected chi connectivity index (χ2v) is 6.92. The van der Waals surface area contributed by atoms with Gasteiger partial charge in [0.1, 0.15) is 0 Å². The Balaban J connectivity index is 4.63. The second kappa shape index (κ2) is 3.77. The molecule has 0 aliphatic carbocycles. The zero-order chi connectivity index (χ0) is 9.23. The molecule has 2 N–H and O–H groups in total. The summed E-state index contributed by atoms with van der Waals surface area (Å²) in [4.78, 5) is 17.7. The van der Waals surface area contributed by atoms with E-state index in [4.69, 9.17) is 9.79 Å². The average molecular weight is 199 g/mol. The second-order valence-electron chi connectivity index (χ2n) is 2.90. The van der Waals surface area contributed by atoms with Crippen molar-refractivity contribution in [2.75, 3.05) is 6.66 Å². The number of hydrogen-bond acceptors (Lipinski definition) is 2. The summed E-state index contributed by atoms with van der Waals surface area (Å²) in [5.74, 6) is -0.246. The summed E-state index contributed by atoms with van der Waals surface area (Å²) in [6, 6.07) is 0. The number of rotatable bonds is 3. The highest BCUT2D eigenvalue weighted by molar-refractivity contribution is 7.69. The van der Waals surface area contributed by atoms with Gasteiger partial charge in [0.05, 0.1) is 0 Å². The summed E-state index contributed by atoms with van der Waals surface area (Å²) in [6.45, 7) is 4.42. The quantitative estimate of drug-likeness (QED) is 0.677. The van der Waals surface area contributed by atoms with Gasteiger partial charge in [-0.15, -0.1) is 0 Å². The minimum Gasteiger partial charge on any atom is -0.341 e. The van der Waals surface area contributed by atoms with Gasteiger partial charge in [-0.25, -0.2) is 0 Å². The predicted octanol–water partition coefficient (Wildman–Crippen LogP) is 1.60. The minimum absolute atomic E-state index is 0.246. The molecule has 0 saturated heterocycles. The van der Waals surface area contributed by atoms with Crippen molar-refractivity contribution in [1.82, 2.24) is 0 Å². The van der Waals surface area contributed by atoms with Gasteiger partial charge < -0.3 is 4.89 Å². The molecule has 0 aromatic heterocycles. The Morgan fingerprint density at radius 1 is 1.45 bits per heavy atom. The SMILES string of the molecule is CC(C)C([P+](=O)O)P(C)(=O)O. The van der Waals surface area contributed by atoms with E-state index < -0.39 is 20.8 Å². The van der Waals surface area contributed by atoms with Crippen LogP contribution in [0.15, 0.2) is 0 Å². The largest absolute Gasteiger partial charge is 0.519 e. The van der Waals surface area contributed by atoms with Crippen LogP contribution in [0.5, 0.6) is 0 Å². The summed E-state index contributed by atoms with van der Waals surface area (Å²) < 4.78 is 21.6. The smallest absolute Gasteiger partial charge is 0.341 e. The summed E-state index contributed by atoms with van der Waals surface area (Å²) in [5.41, 5.74) is 0. The van der Waals surface area contributed by atoms with Gasteiger partial charge in [-0.1, -0.05) is 13.8 Å². The molecule has 0 fully saturated rings. The molecule has 0 aliphatic rings. The van der Waals surface area contributed by atoms with Crippen molar-refractivity contribution in [2.24, 2.45) is 5.92 Å². The predicted molar refractivity (Wildman–Crippen MR) is 44.2 cm³/mol. The van der Waals surface area contributed by atoms with Crippen molar-refractivity contribution >= 4 is 15.4 Å².